The molecule has 1 aliphatic rings. The number of hydrogen-bond donors (Lipinski definition) is 3. The van der Waals surface area contributed by atoms with Crippen molar-refractivity contribution >= 4 is 29.2 Å². The molecule has 46 heavy (non-hydrogen) atoms. The summed E-state index contributed by atoms with van der Waals surface area (Å²) in [6.45, 7) is 5.57. The Morgan fingerprint density at radius 2 is 1.78 bits per heavy atom. The van der Waals surface area contributed by atoms with Gasteiger partial charge < -0.3 is 35.0 Å². The Balaban J connectivity index is 1.89. The predicted octanol–water partition coefficient (Wildman–Crippen LogP) is 5.93. The van der Waals surface area contributed by atoms with E-state index < -0.39 is 49.0 Å². The van der Waals surface area contributed by atoms with Gasteiger partial charge in [0.25, 0.3) is 5.91 Å². The van der Waals surface area contributed by atoms with Gasteiger partial charge in [0.05, 0.1) is 36.8 Å². The summed E-state index contributed by atoms with van der Waals surface area (Å²) >= 11 is 0. The zero-order valence-corrected chi connectivity index (χ0v) is 26.8. The number of hydrogen-bond acceptors (Lipinski definition) is 6. The zero-order chi connectivity index (χ0) is 33.9. The minimum Gasteiger partial charge on any atom is -0.490 e. The van der Waals surface area contributed by atoms with E-state index in [4.69, 9.17) is 9.47 Å². The first-order valence-electron chi connectivity index (χ1n) is 15.5. The second-order valence-electron chi connectivity index (χ2n) is 11.8. The lowest BCUT2D eigenvalue weighted by atomic mass is 10.0. The Morgan fingerprint density at radius 3 is 2.46 bits per heavy atom. The number of carbonyl (C=O) groups excluding carboxylic acids is 3. The molecule has 0 saturated carbocycles. The molecule has 4 amide bonds. The number of aliphatic hydroxyl groups excluding tert-OH is 1. The average Bonchev–Trinajstić information content (AvgIpc) is 3.01. The highest BCUT2D eigenvalue weighted by Gasteiger charge is 2.32. The normalized spacial score (nSPS) is 20.5. The van der Waals surface area contributed by atoms with Crippen LogP contribution in [0.3, 0.4) is 0 Å². The molecule has 3 rings (SSSR count). The molecule has 0 fully saturated rings. The van der Waals surface area contributed by atoms with Gasteiger partial charge in [-0.2, -0.15) is 13.2 Å². The van der Waals surface area contributed by atoms with Crippen LogP contribution in [-0.4, -0.2) is 90.5 Å². The maximum Gasteiger partial charge on any atom is 0.389 e. The summed E-state index contributed by atoms with van der Waals surface area (Å²) < 4.78 is 50.6. The second-order valence-corrected chi connectivity index (χ2v) is 11.8. The molecule has 254 valence electrons. The van der Waals surface area contributed by atoms with E-state index in [0.717, 1.165) is 6.42 Å². The van der Waals surface area contributed by atoms with Gasteiger partial charge in [0.15, 0.2) is 0 Å². The lowest BCUT2D eigenvalue weighted by Crippen LogP contribution is -2.48. The van der Waals surface area contributed by atoms with E-state index in [0.29, 0.717) is 36.6 Å². The van der Waals surface area contributed by atoms with E-state index in [1.165, 1.54) is 22.9 Å². The molecule has 0 unspecified atom stereocenters. The third-order valence-corrected chi connectivity index (χ3v) is 7.84. The predicted molar refractivity (Wildman–Crippen MR) is 169 cm³/mol. The minimum absolute atomic E-state index is 0.0358. The molecule has 1 aliphatic heterocycles. The van der Waals surface area contributed by atoms with E-state index in [1.807, 2.05) is 19.9 Å². The number of halogens is 3. The van der Waals surface area contributed by atoms with Gasteiger partial charge in [0, 0.05) is 50.5 Å². The summed E-state index contributed by atoms with van der Waals surface area (Å²) in [5.41, 5.74) is 1.13. The highest BCUT2D eigenvalue weighted by atomic mass is 19.4. The Morgan fingerprint density at radius 1 is 1.09 bits per heavy atom. The number of amides is 4. The van der Waals surface area contributed by atoms with Crippen molar-refractivity contribution in [3.8, 4) is 5.75 Å². The summed E-state index contributed by atoms with van der Waals surface area (Å²) in [4.78, 5) is 42.1. The summed E-state index contributed by atoms with van der Waals surface area (Å²) in [6, 6.07) is 12.6. The van der Waals surface area contributed by atoms with Gasteiger partial charge >= 0.3 is 12.2 Å². The van der Waals surface area contributed by atoms with Crippen LogP contribution in [0.4, 0.5) is 29.3 Å². The first-order chi connectivity index (χ1) is 21.8. The van der Waals surface area contributed by atoms with E-state index in [-0.39, 0.29) is 37.3 Å². The molecule has 0 saturated heterocycles. The van der Waals surface area contributed by atoms with Gasteiger partial charge in [-0.3, -0.25) is 9.59 Å². The van der Waals surface area contributed by atoms with Crippen molar-refractivity contribution in [2.75, 3.05) is 44.0 Å². The number of anilines is 2. The van der Waals surface area contributed by atoms with Gasteiger partial charge in [-0.05, 0) is 63.4 Å². The summed E-state index contributed by atoms with van der Waals surface area (Å²) in [6.07, 6.45) is -5.08. The third-order valence-electron chi connectivity index (χ3n) is 7.84. The molecule has 10 nitrogen and oxygen atoms in total. The number of para-hydroxylation sites is 1. The van der Waals surface area contributed by atoms with Crippen LogP contribution >= 0.6 is 0 Å². The van der Waals surface area contributed by atoms with Crippen LogP contribution in [0, 0.1) is 5.92 Å². The summed E-state index contributed by atoms with van der Waals surface area (Å²) in [5, 5.41) is 15.6. The highest BCUT2D eigenvalue weighted by molar-refractivity contribution is 6.02. The number of ether oxygens (including phenoxy) is 2. The Kier molecular flexibility index (Phi) is 13.7. The number of nitrogens with one attached hydrogen (secondary N) is 2. The molecule has 1 heterocycles. The summed E-state index contributed by atoms with van der Waals surface area (Å²) in [7, 11) is 1.44. The van der Waals surface area contributed by atoms with Crippen molar-refractivity contribution in [1.82, 2.24) is 9.80 Å². The van der Waals surface area contributed by atoms with E-state index in [2.05, 4.69) is 10.6 Å². The average molecular weight is 651 g/mol. The largest absolute Gasteiger partial charge is 0.490 e. The number of aliphatic hydroxyl groups is 1. The van der Waals surface area contributed by atoms with E-state index in [9.17, 15) is 32.7 Å². The number of carbonyl (C=O) groups is 3. The van der Waals surface area contributed by atoms with Crippen molar-refractivity contribution in [3.05, 3.63) is 54.1 Å². The SMILES string of the molecule is C[C@@H]1CN([C@H](C)CO)C(=O)c2cc(NC(=O)Nc3ccccc3)ccc2O[C@@H](C)CCCCO[C@@H]1CN(C)C(=O)CCC(F)(F)F. The fraction of sp³-hybridized carbons (Fsp3) is 0.545. The first-order valence-corrected chi connectivity index (χ1v) is 15.5. The number of urea groups is 1. The van der Waals surface area contributed by atoms with Crippen LogP contribution < -0.4 is 15.4 Å². The van der Waals surface area contributed by atoms with Gasteiger partial charge in [-0.1, -0.05) is 25.1 Å². The molecular formula is C33H45F3N4O6. The topological polar surface area (TPSA) is 120 Å². The monoisotopic (exact) mass is 650 g/mol. The van der Waals surface area contributed by atoms with E-state index >= 15 is 0 Å². The van der Waals surface area contributed by atoms with Crippen LogP contribution in [0.2, 0.25) is 0 Å². The van der Waals surface area contributed by atoms with Crippen molar-refractivity contribution in [1.29, 1.82) is 0 Å². The maximum atomic E-state index is 14.2. The standard InChI is InChI=1S/C33H45F3N4O6/c1-22-19-40(23(2)21-41)31(43)27-18-26(38-32(44)37-25-11-6-5-7-12-25)13-14-28(27)46-24(3)10-8-9-17-45-29(22)20-39(4)30(42)15-16-33(34,35)36/h5-7,11-14,18,22-24,29,41H,8-10,15-17,19-21H2,1-4H3,(H2,37,38,44)/t22-,23-,24+,29-/m1/s1. The highest BCUT2D eigenvalue weighted by Crippen LogP contribution is 2.29. The summed E-state index contributed by atoms with van der Waals surface area (Å²) in [5.74, 6) is -1.15. The molecule has 0 aliphatic carbocycles. The van der Waals surface area contributed by atoms with Gasteiger partial charge in [-0.15, -0.1) is 0 Å². The maximum absolute atomic E-state index is 14.2. The Bertz CT molecular complexity index is 1300. The Labute approximate surface area is 268 Å². The number of fused-ring (bicyclic) bond motifs is 1. The molecular weight excluding hydrogens is 605 g/mol. The van der Waals surface area contributed by atoms with Gasteiger partial charge in [-0.25, -0.2) is 4.79 Å². The number of benzene rings is 2. The molecule has 0 aromatic heterocycles. The van der Waals surface area contributed by atoms with Gasteiger partial charge in [0.2, 0.25) is 5.91 Å². The molecule has 2 aromatic carbocycles. The van der Waals surface area contributed by atoms with Crippen LogP contribution in [0.5, 0.6) is 5.75 Å². The Hall–Kier alpha value is -3.84. The van der Waals surface area contributed by atoms with Crippen LogP contribution in [0.25, 0.3) is 0 Å². The minimum atomic E-state index is -4.44. The molecule has 3 N–H and O–H groups in total. The first kappa shape index (κ1) is 36.6. The van der Waals surface area contributed by atoms with Gasteiger partial charge in [0.1, 0.15) is 5.75 Å². The van der Waals surface area contributed by atoms with E-state index in [1.54, 1.807) is 43.3 Å². The second kappa shape index (κ2) is 17.2. The van der Waals surface area contributed by atoms with Crippen LogP contribution in [0.1, 0.15) is 63.2 Å². The number of rotatable bonds is 8. The van der Waals surface area contributed by atoms with Crippen LogP contribution in [0.15, 0.2) is 48.5 Å². The lowest BCUT2D eigenvalue weighted by molar-refractivity contribution is -0.149. The fourth-order valence-electron chi connectivity index (χ4n) is 5.09. The molecule has 2 aromatic rings. The van der Waals surface area contributed by atoms with Crippen molar-refractivity contribution in [2.24, 2.45) is 5.92 Å². The third kappa shape index (κ3) is 11.5. The van der Waals surface area contributed by atoms with Crippen molar-refractivity contribution < 1.29 is 42.1 Å². The van der Waals surface area contributed by atoms with Crippen molar-refractivity contribution in [3.63, 3.8) is 0 Å². The van der Waals surface area contributed by atoms with Crippen molar-refractivity contribution in [2.45, 2.75) is 77.3 Å². The lowest BCUT2D eigenvalue weighted by Gasteiger charge is -2.36. The zero-order valence-electron chi connectivity index (χ0n) is 26.8. The number of alkyl halides is 3. The molecule has 13 heteroatoms. The molecule has 4 atom stereocenters. The number of likely N-dealkylation sites (N-methyl/N-ethyl adjacent to an activating group) is 1. The quantitative estimate of drug-likeness (QED) is 0.326. The molecule has 0 spiro atoms. The fourth-order valence-corrected chi connectivity index (χ4v) is 5.09. The smallest absolute Gasteiger partial charge is 0.389 e. The van der Waals surface area contributed by atoms with Crippen LogP contribution in [-0.2, 0) is 9.53 Å². The molecule has 0 radical (unpaired) electrons. The molecule has 0 bridgehead atoms. The number of nitrogens with zero attached hydrogens (tertiary/aromatic N) is 2.